The van der Waals surface area contributed by atoms with Crippen LogP contribution < -0.4 is 0 Å². The van der Waals surface area contributed by atoms with Crippen molar-refractivity contribution < 1.29 is 14.6 Å². The highest BCUT2D eigenvalue weighted by Gasteiger charge is 2.42. The van der Waals surface area contributed by atoms with Gasteiger partial charge in [0, 0.05) is 13.5 Å². The summed E-state index contributed by atoms with van der Waals surface area (Å²) in [6.45, 7) is 0. The van der Waals surface area contributed by atoms with Crippen LogP contribution in [0.4, 0.5) is 0 Å². The van der Waals surface area contributed by atoms with Crippen molar-refractivity contribution in [2.45, 2.75) is 24.9 Å². The standard InChI is InChI=1S/C12H14O3/c1-15-12(6-7-12)8-9-2-4-10(5-3-9)11(13)14/h2-5H,6-8H2,1H3,(H,13,14). The number of hydrogen-bond acceptors (Lipinski definition) is 2. The molecule has 1 aliphatic rings. The summed E-state index contributed by atoms with van der Waals surface area (Å²) in [7, 11) is 1.73. The molecule has 2 rings (SSSR count). The average Bonchev–Trinajstić information content (AvgIpc) is 2.99. The molecule has 1 aromatic carbocycles. The van der Waals surface area contributed by atoms with Crippen molar-refractivity contribution in [3.8, 4) is 0 Å². The lowest BCUT2D eigenvalue weighted by molar-refractivity contribution is 0.0697. The van der Waals surface area contributed by atoms with E-state index in [4.69, 9.17) is 9.84 Å². The number of carboxylic acids is 1. The summed E-state index contributed by atoms with van der Waals surface area (Å²) in [5, 5.41) is 8.74. The SMILES string of the molecule is COC1(Cc2ccc(C(=O)O)cc2)CC1. The van der Waals surface area contributed by atoms with Crippen molar-refractivity contribution in [2.75, 3.05) is 7.11 Å². The second kappa shape index (κ2) is 3.66. The van der Waals surface area contributed by atoms with Gasteiger partial charge < -0.3 is 9.84 Å². The van der Waals surface area contributed by atoms with Gasteiger partial charge in [0.25, 0.3) is 0 Å². The fraction of sp³-hybridized carbons (Fsp3) is 0.417. The van der Waals surface area contributed by atoms with Crippen LogP contribution in [0.3, 0.4) is 0 Å². The molecule has 0 spiro atoms. The van der Waals surface area contributed by atoms with Crippen molar-refractivity contribution in [2.24, 2.45) is 0 Å². The lowest BCUT2D eigenvalue weighted by Gasteiger charge is -2.12. The van der Waals surface area contributed by atoms with Gasteiger partial charge in [0.2, 0.25) is 0 Å². The van der Waals surface area contributed by atoms with Crippen LogP contribution in [0, 0.1) is 0 Å². The quantitative estimate of drug-likeness (QED) is 0.820. The molecule has 0 aliphatic heterocycles. The van der Waals surface area contributed by atoms with E-state index < -0.39 is 5.97 Å². The maximum Gasteiger partial charge on any atom is 0.335 e. The number of ether oxygens (including phenoxy) is 1. The number of aromatic carboxylic acids is 1. The Kier molecular flexibility index (Phi) is 2.49. The number of rotatable bonds is 4. The van der Waals surface area contributed by atoms with Gasteiger partial charge in [-0.15, -0.1) is 0 Å². The van der Waals surface area contributed by atoms with Crippen molar-refractivity contribution in [1.82, 2.24) is 0 Å². The normalized spacial score (nSPS) is 17.4. The van der Waals surface area contributed by atoms with Gasteiger partial charge in [-0.1, -0.05) is 12.1 Å². The molecule has 1 N–H and O–H groups in total. The molecule has 0 saturated heterocycles. The molecule has 0 bridgehead atoms. The van der Waals surface area contributed by atoms with Crippen LogP contribution >= 0.6 is 0 Å². The minimum absolute atomic E-state index is 0.0325. The monoisotopic (exact) mass is 206 g/mol. The summed E-state index contributed by atoms with van der Waals surface area (Å²) in [4.78, 5) is 10.6. The number of methoxy groups -OCH3 is 1. The van der Waals surface area contributed by atoms with Gasteiger partial charge in [0.05, 0.1) is 11.2 Å². The third kappa shape index (κ3) is 2.18. The van der Waals surface area contributed by atoms with E-state index in [0.717, 1.165) is 24.8 Å². The predicted molar refractivity (Wildman–Crippen MR) is 56.1 cm³/mol. The molecule has 0 aromatic heterocycles. The van der Waals surface area contributed by atoms with E-state index >= 15 is 0 Å². The summed E-state index contributed by atoms with van der Waals surface area (Å²) in [5.41, 5.74) is 1.51. The zero-order valence-electron chi connectivity index (χ0n) is 8.69. The molecule has 15 heavy (non-hydrogen) atoms. The third-order valence-electron chi connectivity index (χ3n) is 2.97. The summed E-state index contributed by atoms with van der Waals surface area (Å²) in [6.07, 6.45) is 3.08. The fourth-order valence-corrected chi connectivity index (χ4v) is 1.73. The van der Waals surface area contributed by atoms with Gasteiger partial charge in [-0.25, -0.2) is 4.79 Å². The molecule has 1 fully saturated rings. The van der Waals surface area contributed by atoms with Crippen LogP contribution in [0.25, 0.3) is 0 Å². The molecule has 1 aromatic rings. The molecule has 0 radical (unpaired) electrons. The first kappa shape index (κ1) is 10.2. The van der Waals surface area contributed by atoms with Crippen molar-refractivity contribution in [3.63, 3.8) is 0 Å². The minimum Gasteiger partial charge on any atom is -0.478 e. The first-order chi connectivity index (χ1) is 7.15. The van der Waals surface area contributed by atoms with Crippen LogP contribution in [-0.4, -0.2) is 23.8 Å². The van der Waals surface area contributed by atoms with Crippen LogP contribution in [0.2, 0.25) is 0 Å². The molecular formula is C12H14O3. The van der Waals surface area contributed by atoms with E-state index in [0.29, 0.717) is 5.56 Å². The Morgan fingerprint density at radius 2 is 2.00 bits per heavy atom. The molecule has 0 amide bonds. The second-order valence-electron chi connectivity index (χ2n) is 4.07. The first-order valence-electron chi connectivity index (χ1n) is 5.03. The maximum atomic E-state index is 10.6. The van der Waals surface area contributed by atoms with Crippen LogP contribution in [0.15, 0.2) is 24.3 Å². The zero-order valence-corrected chi connectivity index (χ0v) is 8.69. The van der Waals surface area contributed by atoms with Crippen LogP contribution in [0.5, 0.6) is 0 Å². The Balaban J connectivity index is 2.07. The summed E-state index contributed by atoms with van der Waals surface area (Å²) < 4.78 is 5.41. The highest BCUT2D eigenvalue weighted by molar-refractivity contribution is 5.87. The summed E-state index contributed by atoms with van der Waals surface area (Å²) in [6, 6.07) is 7.01. The molecule has 0 atom stereocenters. The van der Waals surface area contributed by atoms with Gasteiger partial charge in [0.15, 0.2) is 0 Å². The molecular weight excluding hydrogens is 192 g/mol. The number of carbonyl (C=O) groups is 1. The second-order valence-corrected chi connectivity index (χ2v) is 4.07. The zero-order chi connectivity index (χ0) is 10.9. The Morgan fingerprint density at radius 3 is 2.40 bits per heavy atom. The Bertz CT molecular complexity index is 363. The van der Waals surface area contributed by atoms with Crippen molar-refractivity contribution in [3.05, 3.63) is 35.4 Å². The van der Waals surface area contributed by atoms with Crippen molar-refractivity contribution >= 4 is 5.97 Å². The number of hydrogen-bond donors (Lipinski definition) is 1. The largest absolute Gasteiger partial charge is 0.478 e. The summed E-state index contributed by atoms with van der Waals surface area (Å²) in [5.74, 6) is -0.880. The van der Waals surface area contributed by atoms with Gasteiger partial charge in [-0.05, 0) is 30.5 Å². The lowest BCUT2D eigenvalue weighted by Crippen LogP contribution is -2.14. The van der Waals surface area contributed by atoms with E-state index in [1.165, 1.54) is 0 Å². The summed E-state index contributed by atoms with van der Waals surface area (Å²) >= 11 is 0. The lowest BCUT2D eigenvalue weighted by atomic mass is 10.0. The molecule has 3 heteroatoms. The van der Waals surface area contributed by atoms with E-state index in [9.17, 15) is 4.79 Å². The molecule has 0 unspecified atom stereocenters. The van der Waals surface area contributed by atoms with Gasteiger partial charge in [-0.2, -0.15) is 0 Å². The van der Waals surface area contributed by atoms with Crippen LogP contribution in [0.1, 0.15) is 28.8 Å². The van der Waals surface area contributed by atoms with Gasteiger partial charge >= 0.3 is 5.97 Å². The van der Waals surface area contributed by atoms with Crippen molar-refractivity contribution in [1.29, 1.82) is 0 Å². The number of benzene rings is 1. The topological polar surface area (TPSA) is 46.5 Å². The minimum atomic E-state index is -0.880. The van der Waals surface area contributed by atoms with E-state index in [1.807, 2.05) is 12.1 Å². The predicted octanol–water partition coefficient (Wildman–Crippen LogP) is 2.11. The molecule has 1 aliphatic carbocycles. The average molecular weight is 206 g/mol. The molecule has 0 heterocycles. The highest BCUT2D eigenvalue weighted by atomic mass is 16.5. The van der Waals surface area contributed by atoms with E-state index in [-0.39, 0.29) is 5.60 Å². The first-order valence-corrected chi connectivity index (χ1v) is 5.03. The fourth-order valence-electron chi connectivity index (χ4n) is 1.73. The smallest absolute Gasteiger partial charge is 0.335 e. The van der Waals surface area contributed by atoms with E-state index in [1.54, 1.807) is 19.2 Å². The molecule has 80 valence electrons. The Morgan fingerprint density at radius 1 is 1.40 bits per heavy atom. The Labute approximate surface area is 88.7 Å². The van der Waals surface area contributed by atoms with E-state index in [2.05, 4.69) is 0 Å². The maximum absolute atomic E-state index is 10.6. The van der Waals surface area contributed by atoms with Crippen LogP contribution in [-0.2, 0) is 11.2 Å². The molecule has 3 nitrogen and oxygen atoms in total. The third-order valence-corrected chi connectivity index (χ3v) is 2.97. The van der Waals surface area contributed by atoms with Gasteiger partial charge in [-0.3, -0.25) is 0 Å². The highest BCUT2D eigenvalue weighted by Crippen LogP contribution is 2.41. The Hall–Kier alpha value is -1.35. The molecule has 1 saturated carbocycles. The number of carboxylic acid groups (broad SMARTS) is 1. The van der Waals surface area contributed by atoms with Gasteiger partial charge in [0.1, 0.15) is 0 Å².